The van der Waals surface area contributed by atoms with Crippen LogP contribution in [0.3, 0.4) is 0 Å². The highest BCUT2D eigenvalue weighted by molar-refractivity contribution is 7.16. The number of hydrogen-bond acceptors (Lipinski definition) is 9. The standard InChI is InChI=1S/C27H30F3N7OS2/c1-15-23(40-16(2)34-15)22-14-39-26(35-22)33-9-17-3-5-18(6-4-17)24(38)37-20-7-8-21(37)13-36(12-20)25-31-10-19(11-32-25)27(28,29)30/h9-11,14,17-18,20-21H,3-8,12-13H2,1-2H3/b33-9-/t17?,18?,20-,21+. The van der Waals surface area contributed by atoms with Gasteiger partial charge in [0.15, 0.2) is 0 Å². The minimum absolute atomic E-state index is 0.00521. The zero-order chi connectivity index (χ0) is 28.0. The summed E-state index contributed by atoms with van der Waals surface area (Å²) in [6.45, 7) is 5.09. The SMILES string of the molecule is Cc1nc(C)c(-c2csc(/N=C\C3CCC(C(=O)N4[C@@H]5CC[C@H]4CN(c4ncc(C(F)(F)F)cn4)C5)CC3)n2)s1. The summed E-state index contributed by atoms with van der Waals surface area (Å²) in [6, 6.07) is 0.0861. The zero-order valence-electron chi connectivity index (χ0n) is 22.3. The molecule has 3 fully saturated rings. The minimum Gasteiger partial charge on any atom is -0.337 e. The van der Waals surface area contributed by atoms with Crippen molar-refractivity contribution in [2.45, 2.75) is 70.6 Å². The fourth-order valence-corrected chi connectivity index (χ4v) is 7.76. The van der Waals surface area contributed by atoms with Crippen molar-refractivity contribution < 1.29 is 18.0 Å². The van der Waals surface area contributed by atoms with Gasteiger partial charge in [0.05, 0.1) is 26.8 Å². The molecule has 2 saturated heterocycles. The number of aromatic nitrogens is 4. The number of carbonyl (C=O) groups excluding carboxylic acids is 1. The summed E-state index contributed by atoms with van der Waals surface area (Å²) in [5, 5.41) is 3.80. The third-order valence-corrected chi connectivity index (χ3v) is 9.97. The number of aliphatic imine (C=N–C) groups is 1. The number of aryl methyl sites for hydroxylation is 2. The number of anilines is 1. The molecule has 1 amide bonds. The first-order chi connectivity index (χ1) is 19.2. The number of fused-ring (bicyclic) bond motifs is 2. The lowest BCUT2D eigenvalue weighted by Crippen LogP contribution is -2.57. The van der Waals surface area contributed by atoms with Crippen LogP contribution in [0.2, 0.25) is 0 Å². The van der Waals surface area contributed by atoms with Crippen molar-refractivity contribution in [3.63, 3.8) is 0 Å². The van der Waals surface area contributed by atoms with E-state index in [0.29, 0.717) is 25.0 Å². The molecule has 40 heavy (non-hydrogen) atoms. The number of nitrogens with zero attached hydrogens (tertiary/aromatic N) is 7. The molecule has 3 aromatic heterocycles. The number of piperazine rings is 1. The molecule has 1 aliphatic carbocycles. The van der Waals surface area contributed by atoms with E-state index in [9.17, 15) is 18.0 Å². The van der Waals surface area contributed by atoms with Gasteiger partial charge < -0.3 is 9.80 Å². The van der Waals surface area contributed by atoms with Crippen molar-refractivity contribution in [1.82, 2.24) is 24.8 Å². The number of carbonyl (C=O) groups is 1. The van der Waals surface area contributed by atoms with E-state index in [2.05, 4.69) is 29.8 Å². The maximum absolute atomic E-state index is 13.6. The minimum atomic E-state index is -4.46. The Kier molecular flexibility index (Phi) is 7.36. The quantitative estimate of drug-likeness (QED) is 0.335. The molecule has 6 rings (SSSR count). The topological polar surface area (TPSA) is 87.5 Å². The van der Waals surface area contributed by atoms with Gasteiger partial charge in [-0.05, 0) is 58.3 Å². The maximum atomic E-state index is 13.6. The second kappa shape index (κ2) is 10.8. The summed E-state index contributed by atoms with van der Waals surface area (Å²) < 4.78 is 38.6. The first-order valence-electron chi connectivity index (χ1n) is 13.6. The van der Waals surface area contributed by atoms with Gasteiger partial charge in [-0.15, -0.1) is 22.7 Å². The average Bonchev–Trinajstić information content (AvgIpc) is 3.61. The predicted octanol–water partition coefficient (Wildman–Crippen LogP) is 6.08. The summed E-state index contributed by atoms with van der Waals surface area (Å²) in [5.41, 5.74) is 1.06. The van der Waals surface area contributed by atoms with Crippen molar-refractivity contribution >= 4 is 45.9 Å². The van der Waals surface area contributed by atoms with Gasteiger partial charge in [-0.2, -0.15) is 13.2 Å². The van der Waals surface area contributed by atoms with Gasteiger partial charge >= 0.3 is 6.18 Å². The molecule has 2 bridgehead atoms. The van der Waals surface area contributed by atoms with Gasteiger partial charge in [0.1, 0.15) is 0 Å². The molecule has 3 aliphatic rings. The van der Waals surface area contributed by atoms with Gasteiger partial charge in [0.25, 0.3) is 0 Å². The Bertz CT molecular complexity index is 1380. The van der Waals surface area contributed by atoms with Crippen LogP contribution in [0.15, 0.2) is 22.8 Å². The Balaban J connectivity index is 1.02. The molecule has 1 saturated carbocycles. The van der Waals surface area contributed by atoms with Crippen molar-refractivity contribution in [3.8, 4) is 10.6 Å². The molecule has 3 aromatic rings. The molecule has 2 atom stereocenters. The van der Waals surface area contributed by atoms with Crippen LogP contribution >= 0.6 is 22.7 Å². The fraction of sp³-hybridized carbons (Fsp3) is 0.556. The van der Waals surface area contributed by atoms with Crippen LogP contribution in [0.1, 0.15) is 54.8 Å². The maximum Gasteiger partial charge on any atom is 0.419 e. The first kappa shape index (κ1) is 27.3. The zero-order valence-corrected chi connectivity index (χ0v) is 23.9. The molecule has 0 N–H and O–H groups in total. The summed E-state index contributed by atoms with van der Waals surface area (Å²) in [6.07, 6.45) is 4.50. The molecule has 13 heteroatoms. The number of hydrogen-bond donors (Lipinski definition) is 0. The van der Waals surface area contributed by atoms with Gasteiger partial charge in [-0.1, -0.05) is 0 Å². The van der Waals surface area contributed by atoms with E-state index >= 15 is 0 Å². The van der Waals surface area contributed by atoms with E-state index in [0.717, 1.165) is 77.3 Å². The first-order valence-corrected chi connectivity index (χ1v) is 15.3. The Hall–Kier alpha value is -2.93. The van der Waals surface area contributed by atoms with Crippen LogP contribution in [-0.4, -0.2) is 62.1 Å². The number of rotatable bonds is 5. The third kappa shape index (κ3) is 5.50. The predicted molar refractivity (Wildman–Crippen MR) is 149 cm³/mol. The van der Waals surface area contributed by atoms with Crippen molar-refractivity contribution in [3.05, 3.63) is 34.0 Å². The van der Waals surface area contributed by atoms with Crippen LogP contribution in [-0.2, 0) is 11.0 Å². The Labute approximate surface area is 238 Å². The summed E-state index contributed by atoms with van der Waals surface area (Å²) in [5.74, 6) is 0.844. The number of amides is 1. The highest BCUT2D eigenvalue weighted by atomic mass is 32.1. The van der Waals surface area contributed by atoms with E-state index in [4.69, 9.17) is 0 Å². The van der Waals surface area contributed by atoms with Crippen LogP contribution < -0.4 is 4.90 Å². The summed E-state index contributed by atoms with van der Waals surface area (Å²) in [4.78, 5) is 40.4. The van der Waals surface area contributed by atoms with E-state index in [1.165, 1.54) is 11.3 Å². The van der Waals surface area contributed by atoms with Crippen molar-refractivity contribution in [2.75, 3.05) is 18.0 Å². The van der Waals surface area contributed by atoms with Gasteiger partial charge in [0.2, 0.25) is 17.0 Å². The van der Waals surface area contributed by atoms with E-state index in [-0.39, 0.29) is 23.9 Å². The highest BCUT2D eigenvalue weighted by Crippen LogP contribution is 2.38. The summed E-state index contributed by atoms with van der Waals surface area (Å²) >= 11 is 3.17. The number of thiazole rings is 2. The molecule has 8 nitrogen and oxygen atoms in total. The van der Waals surface area contributed by atoms with Gasteiger partial charge in [-0.25, -0.2) is 24.9 Å². The van der Waals surface area contributed by atoms with Crippen LogP contribution in [0.4, 0.5) is 24.3 Å². The van der Waals surface area contributed by atoms with E-state index in [1.807, 2.05) is 30.3 Å². The normalized spacial score (nSPS) is 25.2. The largest absolute Gasteiger partial charge is 0.419 e. The monoisotopic (exact) mass is 589 g/mol. The second-order valence-corrected chi connectivity index (χ2v) is 12.9. The molecular weight excluding hydrogens is 559 g/mol. The number of halogens is 3. The molecule has 212 valence electrons. The highest BCUT2D eigenvalue weighted by Gasteiger charge is 2.45. The average molecular weight is 590 g/mol. The fourth-order valence-electron chi connectivity index (χ4n) is 6.15. The molecule has 5 heterocycles. The third-order valence-electron chi connectivity index (χ3n) is 8.13. The lowest BCUT2D eigenvalue weighted by atomic mass is 9.81. The Morgan fingerprint density at radius 2 is 1.70 bits per heavy atom. The molecular formula is C27H30F3N7OS2. The molecule has 0 radical (unpaired) electrons. The number of alkyl halides is 3. The molecule has 0 aromatic carbocycles. The Morgan fingerprint density at radius 1 is 1.02 bits per heavy atom. The van der Waals surface area contributed by atoms with Crippen molar-refractivity contribution in [1.29, 1.82) is 0 Å². The lowest BCUT2D eigenvalue weighted by Gasteiger charge is -2.43. The smallest absolute Gasteiger partial charge is 0.337 e. The van der Waals surface area contributed by atoms with Crippen LogP contribution in [0.25, 0.3) is 10.6 Å². The van der Waals surface area contributed by atoms with Crippen LogP contribution in [0.5, 0.6) is 0 Å². The van der Waals surface area contributed by atoms with E-state index < -0.39 is 11.7 Å². The van der Waals surface area contributed by atoms with E-state index in [1.54, 1.807) is 11.3 Å². The summed E-state index contributed by atoms with van der Waals surface area (Å²) in [7, 11) is 0. The lowest BCUT2D eigenvalue weighted by molar-refractivity contribution is -0.140. The second-order valence-electron chi connectivity index (χ2n) is 10.9. The van der Waals surface area contributed by atoms with Crippen LogP contribution in [0, 0.1) is 25.7 Å². The molecule has 2 aliphatic heterocycles. The van der Waals surface area contributed by atoms with Crippen molar-refractivity contribution in [2.24, 2.45) is 16.8 Å². The molecule has 0 spiro atoms. The van der Waals surface area contributed by atoms with Gasteiger partial charge in [-0.3, -0.25) is 4.79 Å². The van der Waals surface area contributed by atoms with Gasteiger partial charge in [0, 0.05) is 55.1 Å². The molecule has 0 unspecified atom stereocenters. The Morgan fingerprint density at radius 3 is 2.30 bits per heavy atom.